The van der Waals surface area contributed by atoms with Crippen molar-refractivity contribution in [3.8, 4) is 0 Å². The van der Waals surface area contributed by atoms with Gasteiger partial charge in [0, 0.05) is 19.3 Å². The van der Waals surface area contributed by atoms with E-state index in [0.717, 1.165) is 122 Å². The van der Waals surface area contributed by atoms with Crippen LogP contribution >= 0.6 is 0 Å². The first-order valence-electron chi connectivity index (χ1n) is 28.2. The molecule has 0 aromatic heterocycles. The van der Waals surface area contributed by atoms with Gasteiger partial charge in [0.1, 0.15) is 13.2 Å². The predicted octanol–water partition coefficient (Wildman–Crippen LogP) is 18.9. The minimum Gasteiger partial charge on any atom is -0.462 e. The van der Waals surface area contributed by atoms with E-state index in [4.69, 9.17) is 14.2 Å². The average molecular weight is 946 g/mol. The number of carbonyl (C=O) groups is 3. The molecule has 0 rings (SSSR count). The molecule has 0 aromatic rings. The largest absolute Gasteiger partial charge is 0.462 e. The van der Waals surface area contributed by atoms with Crippen LogP contribution < -0.4 is 0 Å². The van der Waals surface area contributed by atoms with Crippen molar-refractivity contribution >= 4 is 17.9 Å². The van der Waals surface area contributed by atoms with Gasteiger partial charge in [0.05, 0.1) is 0 Å². The Balaban J connectivity index is 4.48. The third-order valence-electron chi connectivity index (χ3n) is 11.8. The summed E-state index contributed by atoms with van der Waals surface area (Å²) in [5.41, 5.74) is 0. The summed E-state index contributed by atoms with van der Waals surface area (Å²) in [6.45, 7) is 6.46. The molecule has 388 valence electrons. The molecule has 0 aliphatic heterocycles. The Morgan fingerprint density at radius 2 is 0.574 bits per heavy atom. The predicted molar refractivity (Wildman–Crippen MR) is 293 cm³/mol. The van der Waals surface area contributed by atoms with Crippen molar-refractivity contribution in [3.63, 3.8) is 0 Å². The third-order valence-corrected chi connectivity index (χ3v) is 11.8. The van der Waals surface area contributed by atoms with Gasteiger partial charge in [0.15, 0.2) is 6.10 Å². The van der Waals surface area contributed by atoms with Crippen LogP contribution in [0.4, 0.5) is 0 Å². The van der Waals surface area contributed by atoms with Gasteiger partial charge in [-0.2, -0.15) is 0 Å². The van der Waals surface area contributed by atoms with Gasteiger partial charge in [-0.05, 0) is 122 Å². The van der Waals surface area contributed by atoms with Crippen molar-refractivity contribution in [2.75, 3.05) is 13.2 Å². The first-order chi connectivity index (χ1) is 33.5. The summed E-state index contributed by atoms with van der Waals surface area (Å²) in [6, 6.07) is 0. The molecule has 0 N–H and O–H groups in total. The first kappa shape index (κ1) is 64.3. The van der Waals surface area contributed by atoms with Crippen LogP contribution in [0.25, 0.3) is 0 Å². The van der Waals surface area contributed by atoms with Gasteiger partial charge in [0.2, 0.25) is 0 Å². The van der Waals surface area contributed by atoms with Crippen molar-refractivity contribution in [3.05, 3.63) is 97.2 Å². The fraction of sp³-hybridized carbons (Fsp3) is 0.694. The molecule has 0 saturated carbocycles. The van der Waals surface area contributed by atoms with Gasteiger partial charge < -0.3 is 14.2 Å². The maximum Gasteiger partial charge on any atom is 0.306 e. The smallest absolute Gasteiger partial charge is 0.306 e. The molecule has 0 heterocycles. The van der Waals surface area contributed by atoms with Crippen LogP contribution in [0, 0.1) is 0 Å². The molecule has 0 aliphatic rings. The zero-order chi connectivity index (χ0) is 49.3. The lowest BCUT2D eigenvalue weighted by Gasteiger charge is -2.18. The number of carbonyl (C=O) groups excluding carboxylic acids is 3. The van der Waals surface area contributed by atoms with Crippen LogP contribution in [0.1, 0.15) is 258 Å². The maximum atomic E-state index is 12.8. The van der Waals surface area contributed by atoms with E-state index in [9.17, 15) is 14.4 Å². The van der Waals surface area contributed by atoms with Crippen LogP contribution in [-0.4, -0.2) is 37.2 Å². The molecule has 68 heavy (non-hydrogen) atoms. The van der Waals surface area contributed by atoms with E-state index < -0.39 is 6.10 Å². The zero-order valence-electron chi connectivity index (χ0n) is 44.3. The molecule has 0 amide bonds. The molecule has 0 saturated heterocycles. The Bertz CT molecular complexity index is 1360. The molecule has 0 spiro atoms. The highest BCUT2D eigenvalue weighted by atomic mass is 16.6. The number of ether oxygens (including phenoxy) is 3. The molecule has 0 radical (unpaired) electrons. The number of hydrogen-bond donors (Lipinski definition) is 0. The second kappa shape index (κ2) is 55.9. The number of allylic oxidation sites excluding steroid dienone is 16. The van der Waals surface area contributed by atoms with E-state index in [1.165, 1.54) is 96.3 Å². The van der Waals surface area contributed by atoms with E-state index in [2.05, 4.69) is 118 Å². The van der Waals surface area contributed by atoms with Crippen LogP contribution in [0.3, 0.4) is 0 Å². The zero-order valence-corrected chi connectivity index (χ0v) is 44.3. The highest BCUT2D eigenvalue weighted by molar-refractivity contribution is 5.71. The standard InChI is InChI=1S/C62H104O6/c1-4-7-10-13-16-19-22-25-27-29-30-31-32-33-35-37-40-43-46-49-52-55-61(64)67-58-59(57-66-60(63)54-51-48-45-42-39-36-24-21-18-15-12-9-6-3)68-62(65)56-53-50-47-44-41-38-34-28-26-23-20-17-14-11-8-5-2/h7,10,16,19,21,24-25,27-28,30-31,33-35,40,43,59H,4-6,8-9,11-15,17-18,20,22-23,26,29,32,36-39,41-42,44-58H2,1-3H3/b10-7-,19-16-,24-21-,27-25-,31-30-,34-28-,35-33-,43-40-. The molecule has 1 atom stereocenters. The second-order valence-corrected chi connectivity index (χ2v) is 18.5. The maximum absolute atomic E-state index is 12.8. The van der Waals surface area contributed by atoms with Crippen LogP contribution in [0.5, 0.6) is 0 Å². The third kappa shape index (κ3) is 53.3. The van der Waals surface area contributed by atoms with Gasteiger partial charge in [0.25, 0.3) is 0 Å². The van der Waals surface area contributed by atoms with Gasteiger partial charge >= 0.3 is 17.9 Å². The molecule has 6 heteroatoms. The van der Waals surface area contributed by atoms with Crippen molar-refractivity contribution in [1.29, 1.82) is 0 Å². The molecule has 0 fully saturated rings. The van der Waals surface area contributed by atoms with Gasteiger partial charge in [-0.25, -0.2) is 0 Å². The van der Waals surface area contributed by atoms with Crippen LogP contribution in [-0.2, 0) is 28.6 Å². The highest BCUT2D eigenvalue weighted by Crippen LogP contribution is 2.14. The summed E-state index contributed by atoms with van der Waals surface area (Å²) in [5.74, 6) is -0.959. The highest BCUT2D eigenvalue weighted by Gasteiger charge is 2.19. The normalized spacial score (nSPS) is 12.8. The number of hydrogen-bond acceptors (Lipinski definition) is 6. The summed E-state index contributed by atoms with van der Waals surface area (Å²) in [4.78, 5) is 38.1. The van der Waals surface area contributed by atoms with Crippen molar-refractivity contribution < 1.29 is 28.6 Å². The van der Waals surface area contributed by atoms with E-state index in [1.807, 2.05) is 0 Å². The quantitative estimate of drug-likeness (QED) is 0.0262. The number of esters is 3. The molecular formula is C62H104O6. The topological polar surface area (TPSA) is 78.9 Å². The van der Waals surface area contributed by atoms with Crippen molar-refractivity contribution in [2.45, 2.75) is 264 Å². The van der Waals surface area contributed by atoms with Crippen LogP contribution in [0.2, 0.25) is 0 Å². The Kier molecular flexibility index (Phi) is 52.9. The lowest BCUT2D eigenvalue weighted by atomic mass is 10.1. The lowest BCUT2D eigenvalue weighted by Crippen LogP contribution is -2.30. The Labute approximate surface area is 419 Å². The van der Waals surface area contributed by atoms with Gasteiger partial charge in [-0.1, -0.05) is 214 Å². The molecule has 1 unspecified atom stereocenters. The summed E-state index contributed by atoms with van der Waals surface area (Å²) in [5, 5.41) is 0. The number of rotatable bonds is 50. The van der Waals surface area contributed by atoms with Crippen molar-refractivity contribution in [1.82, 2.24) is 0 Å². The molecule has 0 aliphatic carbocycles. The fourth-order valence-electron chi connectivity index (χ4n) is 7.55. The lowest BCUT2D eigenvalue weighted by molar-refractivity contribution is -0.167. The number of unbranched alkanes of at least 4 members (excludes halogenated alkanes) is 23. The van der Waals surface area contributed by atoms with E-state index >= 15 is 0 Å². The van der Waals surface area contributed by atoms with Crippen LogP contribution in [0.15, 0.2) is 97.2 Å². The summed E-state index contributed by atoms with van der Waals surface area (Å²) in [6.07, 6.45) is 73.9. The summed E-state index contributed by atoms with van der Waals surface area (Å²) >= 11 is 0. The molecule has 6 nitrogen and oxygen atoms in total. The minimum atomic E-state index is -0.804. The Hall–Kier alpha value is -3.67. The monoisotopic (exact) mass is 945 g/mol. The summed E-state index contributed by atoms with van der Waals surface area (Å²) < 4.78 is 16.8. The van der Waals surface area contributed by atoms with E-state index in [1.54, 1.807) is 0 Å². The first-order valence-corrected chi connectivity index (χ1v) is 28.2. The molecule has 0 bridgehead atoms. The minimum absolute atomic E-state index is 0.0994. The van der Waals surface area contributed by atoms with E-state index in [-0.39, 0.29) is 31.1 Å². The molecular weight excluding hydrogens is 841 g/mol. The SMILES string of the molecule is CC/C=C\C/C=C\C/C=C\C/C=C\C/C=C\C/C=C\CCCCC(=O)OCC(COC(=O)CCCCCCC/C=C\CCCCCC)OC(=O)CCCCCCC/C=C\CCCCCCCCC. The average Bonchev–Trinajstić information content (AvgIpc) is 3.34. The Morgan fingerprint density at radius 3 is 0.956 bits per heavy atom. The fourth-order valence-corrected chi connectivity index (χ4v) is 7.55. The summed E-state index contributed by atoms with van der Waals surface area (Å²) in [7, 11) is 0. The van der Waals surface area contributed by atoms with Crippen molar-refractivity contribution in [2.24, 2.45) is 0 Å². The van der Waals surface area contributed by atoms with E-state index in [0.29, 0.717) is 19.3 Å². The molecule has 0 aromatic carbocycles. The van der Waals surface area contributed by atoms with Gasteiger partial charge in [-0.15, -0.1) is 0 Å². The second-order valence-electron chi connectivity index (χ2n) is 18.5. The Morgan fingerprint density at radius 1 is 0.309 bits per heavy atom. The van der Waals surface area contributed by atoms with Gasteiger partial charge in [-0.3, -0.25) is 14.4 Å².